The van der Waals surface area contributed by atoms with Gasteiger partial charge in [0.25, 0.3) is 11.6 Å². The summed E-state index contributed by atoms with van der Waals surface area (Å²) in [5.74, 6) is 0.867. The summed E-state index contributed by atoms with van der Waals surface area (Å²) >= 11 is 3.51. The van der Waals surface area contributed by atoms with Crippen LogP contribution in [-0.2, 0) is 0 Å². The van der Waals surface area contributed by atoms with Crippen LogP contribution in [0.4, 0.5) is 5.69 Å². The molecular weight excluding hydrogens is 324 g/mol. The minimum atomic E-state index is -0.491. The van der Waals surface area contributed by atoms with Gasteiger partial charge in [-0.15, -0.1) is 0 Å². The molecule has 0 bridgehead atoms. The van der Waals surface area contributed by atoms with Gasteiger partial charge in [-0.05, 0) is 30.7 Å². The molecule has 1 aromatic rings. The summed E-state index contributed by atoms with van der Waals surface area (Å²) in [7, 11) is 0. The fourth-order valence-electron chi connectivity index (χ4n) is 2.67. The molecule has 108 valence electrons. The molecule has 1 N–H and O–H groups in total. The normalized spacial score (nSPS) is 21.6. The maximum absolute atomic E-state index is 12.0. The van der Waals surface area contributed by atoms with Crippen molar-refractivity contribution in [2.75, 3.05) is 11.9 Å². The molecular formula is C14H17BrN2O3. The molecule has 0 aliphatic heterocycles. The fourth-order valence-corrected chi connectivity index (χ4v) is 3.52. The van der Waals surface area contributed by atoms with E-state index in [2.05, 4.69) is 21.2 Å². The van der Waals surface area contributed by atoms with Crippen LogP contribution < -0.4 is 5.32 Å². The third-order valence-electron chi connectivity index (χ3n) is 3.86. The molecule has 1 aliphatic carbocycles. The number of nitro benzene ring substituents is 1. The minimum absolute atomic E-state index is 0.0585. The number of amides is 1. The van der Waals surface area contributed by atoms with Crippen LogP contribution in [0.1, 0.15) is 29.6 Å². The van der Waals surface area contributed by atoms with Crippen LogP contribution in [0.3, 0.4) is 0 Å². The van der Waals surface area contributed by atoms with E-state index < -0.39 is 4.92 Å². The van der Waals surface area contributed by atoms with Crippen LogP contribution in [0.2, 0.25) is 0 Å². The van der Waals surface area contributed by atoms with Crippen LogP contribution in [-0.4, -0.2) is 22.7 Å². The highest BCUT2D eigenvalue weighted by Gasteiger charge is 2.26. The predicted molar refractivity (Wildman–Crippen MR) is 80.1 cm³/mol. The minimum Gasteiger partial charge on any atom is -0.352 e. The predicted octanol–water partition coefficient (Wildman–Crippen LogP) is 3.14. The number of benzene rings is 1. The molecule has 2 atom stereocenters. The summed E-state index contributed by atoms with van der Waals surface area (Å²) in [6, 6.07) is 5.82. The number of hydrogen-bond donors (Lipinski definition) is 1. The summed E-state index contributed by atoms with van der Waals surface area (Å²) in [5, 5.41) is 14.5. The highest BCUT2D eigenvalue weighted by atomic mass is 79.9. The molecule has 0 spiro atoms. The molecule has 0 radical (unpaired) electrons. The van der Waals surface area contributed by atoms with Gasteiger partial charge < -0.3 is 5.32 Å². The van der Waals surface area contributed by atoms with Crippen LogP contribution >= 0.6 is 15.9 Å². The molecule has 1 fully saturated rings. The lowest BCUT2D eigenvalue weighted by Crippen LogP contribution is -2.31. The number of nitro groups is 1. The van der Waals surface area contributed by atoms with Gasteiger partial charge in [0.2, 0.25) is 0 Å². The van der Waals surface area contributed by atoms with Crippen molar-refractivity contribution in [3.05, 3.63) is 39.9 Å². The molecule has 6 heteroatoms. The number of nitrogens with one attached hydrogen (secondary N) is 1. The van der Waals surface area contributed by atoms with Gasteiger partial charge in [0, 0.05) is 29.6 Å². The second-order valence-electron chi connectivity index (χ2n) is 5.12. The molecule has 20 heavy (non-hydrogen) atoms. The summed E-state index contributed by atoms with van der Waals surface area (Å²) in [5.41, 5.74) is 0.282. The van der Waals surface area contributed by atoms with E-state index in [0.29, 0.717) is 23.9 Å². The van der Waals surface area contributed by atoms with Crippen LogP contribution in [0.15, 0.2) is 24.3 Å². The second-order valence-corrected chi connectivity index (χ2v) is 5.77. The Balaban J connectivity index is 1.95. The fraction of sp³-hybridized carbons (Fsp3) is 0.500. The first-order valence-corrected chi connectivity index (χ1v) is 7.82. The van der Waals surface area contributed by atoms with Gasteiger partial charge in [0.1, 0.15) is 0 Å². The van der Waals surface area contributed by atoms with E-state index in [1.807, 2.05) is 0 Å². The van der Waals surface area contributed by atoms with Crippen molar-refractivity contribution < 1.29 is 9.72 Å². The average Bonchev–Trinajstić information content (AvgIpc) is 2.92. The molecule has 1 aliphatic rings. The molecule has 1 amide bonds. The quantitative estimate of drug-likeness (QED) is 0.508. The lowest BCUT2D eigenvalue weighted by atomic mass is 9.98. The van der Waals surface area contributed by atoms with E-state index in [0.717, 1.165) is 11.8 Å². The van der Waals surface area contributed by atoms with Crippen molar-refractivity contribution in [3.63, 3.8) is 0 Å². The van der Waals surface area contributed by atoms with Gasteiger partial charge in [-0.25, -0.2) is 0 Å². The van der Waals surface area contributed by atoms with E-state index >= 15 is 0 Å². The van der Waals surface area contributed by atoms with Gasteiger partial charge >= 0.3 is 0 Å². The highest BCUT2D eigenvalue weighted by Crippen LogP contribution is 2.32. The van der Waals surface area contributed by atoms with Crippen LogP contribution in [0.25, 0.3) is 0 Å². The standard InChI is InChI=1S/C14H17BrN2O3/c15-8-11-4-1-5-12(11)9-16-14(18)10-3-2-6-13(7-10)17(19)20/h2-3,6-7,11-12H,1,4-5,8-9H2,(H,16,18). The zero-order valence-electron chi connectivity index (χ0n) is 11.0. The maximum atomic E-state index is 12.0. The number of hydrogen-bond acceptors (Lipinski definition) is 3. The Hall–Kier alpha value is -1.43. The van der Waals surface area contributed by atoms with Crippen molar-refractivity contribution in [1.82, 2.24) is 5.32 Å². The number of rotatable bonds is 5. The van der Waals surface area contributed by atoms with Crippen molar-refractivity contribution in [2.45, 2.75) is 19.3 Å². The molecule has 0 saturated heterocycles. The Morgan fingerprint density at radius 2 is 2.15 bits per heavy atom. The van der Waals surface area contributed by atoms with Gasteiger partial charge in [-0.3, -0.25) is 14.9 Å². The van der Waals surface area contributed by atoms with E-state index in [-0.39, 0.29) is 11.6 Å². The molecule has 0 aromatic heterocycles. The van der Waals surface area contributed by atoms with E-state index in [4.69, 9.17) is 0 Å². The second kappa shape index (κ2) is 6.83. The average molecular weight is 341 g/mol. The van der Waals surface area contributed by atoms with Gasteiger partial charge in [0.05, 0.1) is 4.92 Å². The van der Waals surface area contributed by atoms with Crippen molar-refractivity contribution >= 4 is 27.5 Å². The van der Waals surface area contributed by atoms with E-state index in [1.54, 1.807) is 6.07 Å². The van der Waals surface area contributed by atoms with E-state index in [9.17, 15) is 14.9 Å². The van der Waals surface area contributed by atoms with Crippen molar-refractivity contribution in [3.8, 4) is 0 Å². The maximum Gasteiger partial charge on any atom is 0.270 e. The number of halogens is 1. The topological polar surface area (TPSA) is 72.2 Å². The third-order valence-corrected chi connectivity index (χ3v) is 4.69. The Morgan fingerprint density at radius 3 is 2.85 bits per heavy atom. The first-order valence-electron chi connectivity index (χ1n) is 6.70. The summed E-state index contributed by atoms with van der Waals surface area (Å²) in [6.07, 6.45) is 3.53. The summed E-state index contributed by atoms with van der Waals surface area (Å²) in [4.78, 5) is 22.2. The van der Waals surface area contributed by atoms with Crippen LogP contribution in [0.5, 0.6) is 0 Å². The monoisotopic (exact) mass is 340 g/mol. The van der Waals surface area contributed by atoms with Crippen molar-refractivity contribution in [1.29, 1.82) is 0 Å². The van der Waals surface area contributed by atoms with Gasteiger partial charge in [-0.2, -0.15) is 0 Å². The smallest absolute Gasteiger partial charge is 0.270 e. The number of carbonyl (C=O) groups excluding carboxylic acids is 1. The zero-order valence-corrected chi connectivity index (χ0v) is 12.6. The molecule has 1 aromatic carbocycles. The Kier molecular flexibility index (Phi) is 5.11. The largest absolute Gasteiger partial charge is 0.352 e. The number of non-ortho nitro benzene ring substituents is 1. The molecule has 2 rings (SSSR count). The molecule has 5 nitrogen and oxygen atoms in total. The summed E-state index contributed by atoms with van der Waals surface area (Å²) in [6.45, 7) is 0.637. The SMILES string of the molecule is O=C(NCC1CCCC1CBr)c1cccc([N+](=O)[O-])c1. The molecule has 2 unspecified atom stereocenters. The highest BCUT2D eigenvalue weighted by molar-refractivity contribution is 9.09. The lowest BCUT2D eigenvalue weighted by molar-refractivity contribution is -0.384. The van der Waals surface area contributed by atoms with E-state index in [1.165, 1.54) is 31.0 Å². The lowest BCUT2D eigenvalue weighted by Gasteiger charge is -2.17. The van der Waals surface area contributed by atoms with Gasteiger partial charge in [0.15, 0.2) is 0 Å². The van der Waals surface area contributed by atoms with Crippen LogP contribution in [0, 0.1) is 22.0 Å². The van der Waals surface area contributed by atoms with Crippen molar-refractivity contribution in [2.24, 2.45) is 11.8 Å². The Bertz CT molecular complexity index is 507. The number of nitrogens with zero attached hydrogens (tertiary/aromatic N) is 1. The molecule has 1 saturated carbocycles. The zero-order chi connectivity index (χ0) is 14.5. The third kappa shape index (κ3) is 3.56. The Morgan fingerprint density at radius 1 is 1.40 bits per heavy atom. The Labute approximate surface area is 126 Å². The first kappa shape index (κ1) is 15.0. The van der Waals surface area contributed by atoms with Gasteiger partial charge in [-0.1, -0.05) is 28.4 Å². The number of carbonyl (C=O) groups is 1. The molecule has 0 heterocycles. The first-order chi connectivity index (χ1) is 9.61. The summed E-state index contributed by atoms with van der Waals surface area (Å²) < 4.78 is 0. The number of alkyl halides is 1.